The summed E-state index contributed by atoms with van der Waals surface area (Å²) < 4.78 is 15.8. The molecule has 1 aliphatic rings. The number of ether oxygens (including phenoxy) is 3. The van der Waals surface area contributed by atoms with Crippen LogP contribution in [0.15, 0.2) is 18.2 Å². The van der Waals surface area contributed by atoms with Gasteiger partial charge in [-0.2, -0.15) is 0 Å². The van der Waals surface area contributed by atoms with E-state index >= 15 is 0 Å². The van der Waals surface area contributed by atoms with Crippen LogP contribution in [0, 0.1) is 0 Å². The van der Waals surface area contributed by atoms with Crippen LogP contribution in [0.5, 0.6) is 5.75 Å². The Morgan fingerprint density at radius 3 is 2.86 bits per heavy atom. The number of Topliss-reactive ketones (excluding diaryl/α,β-unsaturated/α-hetero) is 1. The Morgan fingerprint density at radius 1 is 1.32 bits per heavy atom. The number of esters is 1. The molecule has 6 nitrogen and oxygen atoms in total. The highest BCUT2D eigenvalue weighted by Crippen LogP contribution is 2.32. The maximum absolute atomic E-state index is 11.9. The van der Waals surface area contributed by atoms with E-state index in [9.17, 15) is 9.59 Å². The van der Waals surface area contributed by atoms with Crippen molar-refractivity contribution in [2.24, 2.45) is 0 Å². The maximum Gasteiger partial charge on any atom is 0.325 e. The lowest BCUT2D eigenvalue weighted by Crippen LogP contribution is -2.37. The van der Waals surface area contributed by atoms with E-state index in [-0.39, 0.29) is 24.9 Å². The average molecular weight is 307 g/mol. The zero-order valence-electron chi connectivity index (χ0n) is 13.0. The molecule has 0 aliphatic carbocycles. The fourth-order valence-electron chi connectivity index (χ4n) is 2.22. The standard InChI is InChI=1S/C16H21NO5/c1-3-20-8-9-22-16(19)11-17-6-7-21-15-5-4-13(12(2)18)10-14(15)17/h4-5,10H,3,6-9,11H2,1-2H3. The summed E-state index contributed by atoms with van der Waals surface area (Å²) in [6.07, 6.45) is 0. The predicted molar refractivity (Wildman–Crippen MR) is 81.6 cm³/mol. The van der Waals surface area contributed by atoms with E-state index in [0.717, 1.165) is 5.69 Å². The number of nitrogens with zero attached hydrogens (tertiary/aromatic N) is 1. The summed E-state index contributed by atoms with van der Waals surface area (Å²) in [5, 5.41) is 0. The topological polar surface area (TPSA) is 65.1 Å². The van der Waals surface area contributed by atoms with Gasteiger partial charge in [-0.1, -0.05) is 0 Å². The van der Waals surface area contributed by atoms with Crippen molar-refractivity contribution in [3.8, 4) is 5.75 Å². The van der Waals surface area contributed by atoms with E-state index < -0.39 is 0 Å². The molecule has 0 saturated heterocycles. The number of hydrogen-bond donors (Lipinski definition) is 0. The summed E-state index contributed by atoms with van der Waals surface area (Å²) in [5.41, 5.74) is 1.35. The van der Waals surface area contributed by atoms with Crippen molar-refractivity contribution in [2.45, 2.75) is 13.8 Å². The lowest BCUT2D eigenvalue weighted by atomic mass is 10.1. The van der Waals surface area contributed by atoms with Gasteiger partial charge in [0.05, 0.1) is 18.8 Å². The second kappa shape index (κ2) is 7.79. The molecule has 1 aromatic carbocycles. The van der Waals surface area contributed by atoms with Crippen molar-refractivity contribution in [3.63, 3.8) is 0 Å². The summed E-state index contributed by atoms with van der Waals surface area (Å²) in [4.78, 5) is 25.2. The number of carbonyl (C=O) groups excluding carboxylic acids is 2. The van der Waals surface area contributed by atoms with Gasteiger partial charge in [-0.25, -0.2) is 0 Å². The van der Waals surface area contributed by atoms with Gasteiger partial charge in [-0.05, 0) is 32.0 Å². The first-order valence-corrected chi connectivity index (χ1v) is 7.38. The first-order chi connectivity index (χ1) is 10.6. The van der Waals surface area contributed by atoms with Gasteiger partial charge in [0.2, 0.25) is 0 Å². The fourth-order valence-corrected chi connectivity index (χ4v) is 2.22. The van der Waals surface area contributed by atoms with E-state index in [2.05, 4.69) is 0 Å². The Bertz CT molecular complexity index is 543. The lowest BCUT2D eigenvalue weighted by molar-refractivity contribution is -0.143. The smallest absolute Gasteiger partial charge is 0.325 e. The molecule has 0 fully saturated rings. The van der Waals surface area contributed by atoms with Crippen LogP contribution in [0.4, 0.5) is 5.69 Å². The van der Waals surface area contributed by atoms with Crippen molar-refractivity contribution in [1.29, 1.82) is 0 Å². The first-order valence-electron chi connectivity index (χ1n) is 7.38. The van der Waals surface area contributed by atoms with Crippen molar-refractivity contribution in [3.05, 3.63) is 23.8 Å². The number of rotatable bonds is 7. The molecular weight excluding hydrogens is 286 g/mol. The molecule has 1 aliphatic heterocycles. The van der Waals surface area contributed by atoms with E-state index in [4.69, 9.17) is 14.2 Å². The van der Waals surface area contributed by atoms with Crippen molar-refractivity contribution in [2.75, 3.05) is 44.4 Å². The zero-order valence-corrected chi connectivity index (χ0v) is 13.0. The Balaban J connectivity index is 2.00. The van der Waals surface area contributed by atoms with E-state index in [0.29, 0.717) is 37.7 Å². The van der Waals surface area contributed by atoms with Crippen molar-refractivity contribution in [1.82, 2.24) is 0 Å². The van der Waals surface area contributed by atoms with Gasteiger partial charge in [0.25, 0.3) is 0 Å². The SMILES string of the molecule is CCOCCOC(=O)CN1CCOc2ccc(C(C)=O)cc21. The van der Waals surface area contributed by atoms with E-state index in [1.165, 1.54) is 6.92 Å². The summed E-state index contributed by atoms with van der Waals surface area (Å²) in [6, 6.07) is 5.24. The Morgan fingerprint density at radius 2 is 2.14 bits per heavy atom. The van der Waals surface area contributed by atoms with Gasteiger partial charge in [-0.15, -0.1) is 0 Å². The summed E-state index contributed by atoms with van der Waals surface area (Å²) in [7, 11) is 0. The van der Waals surface area contributed by atoms with Gasteiger partial charge >= 0.3 is 5.97 Å². The van der Waals surface area contributed by atoms with Gasteiger partial charge in [0, 0.05) is 12.2 Å². The Hall–Kier alpha value is -2.08. The van der Waals surface area contributed by atoms with Crippen molar-refractivity contribution >= 4 is 17.4 Å². The molecule has 120 valence electrons. The summed E-state index contributed by atoms with van der Waals surface area (Å²) in [5.74, 6) is 0.340. The minimum atomic E-state index is -0.319. The quantitative estimate of drug-likeness (QED) is 0.434. The molecule has 0 bridgehead atoms. The molecule has 1 heterocycles. The molecule has 0 atom stereocenters. The highest BCUT2D eigenvalue weighted by Gasteiger charge is 2.21. The van der Waals surface area contributed by atoms with Crippen LogP contribution in [-0.2, 0) is 14.3 Å². The number of fused-ring (bicyclic) bond motifs is 1. The third-order valence-corrected chi connectivity index (χ3v) is 3.34. The third-order valence-electron chi connectivity index (χ3n) is 3.34. The number of hydrogen-bond acceptors (Lipinski definition) is 6. The minimum Gasteiger partial charge on any atom is -0.490 e. The fraction of sp³-hybridized carbons (Fsp3) is 0.500. The van der Waals surface area contributed by atoms with Crippen LogP contribution < -0.4 is 9.64 Å². The van der Waals surface area contributed by atoms with Crippen LogP contribution in [0.3, 0.4) is 0 Å². The van der Waals surface area contributed by atoms with Crippen LogP contribution in [0.2, 0.25) is 0 Å². The molecule has 0 amide bonds. The average Bonchev–Trinajstić information content (AvgIpc) is 2.51. The molecule has 0 spiro atoms. The van der Waals surface area contributed by atoms with E-state index in [1.54, 1.807) is 18.2 Å². The molecule has 0 aromatic heterocycles. The minimum absolute atomic E-state index is 0.0207. The van der Waals surface area contributed by atoms with Crippen LogP contribution in [0.25, 0.3) is 0 Å². The molecule has 2 rings (SSSR count). The molecule has 0 N–H and O–H groups in total. The molecular formula is C16H21NO5. The normalized spacial score (nSPS) is 13.3. The van der Waals surface area contributed by atoms with Crippen LogP contribution >= 0.6 is 0 Å². The van der Waals surface area contributed by atoms with Gasteiger partial charge < -0.3 is 19.1 Å². The Kier molecular flexibility index (Phi) is 5.77. The highest BCUT2D eigenvalue weighted by atomic mass is 16.6. The summed E-state index contributed by atoms with van der Waals surface area (Å²) in [6.45, 7) is 5.85. The highest BCUT2D eigenvalue weighted by molar-refractivity contribution is 5.95. The monoisotopic (exact) mass is 307 g/mol. The van der Waals surface area contributed by atoms with Gasteiger partial charge in [0.15, 0.2) is 5.78 Å². The predicted octanol–water partition coefficient (Wildman–Crippen LogP) is 1.67. The second-order valence-electron chi connectivity index (χ2n) is 4.93. The summed E-state index contributed by atoms with van der Waals surface area (Å²) >= 11 is 0. The first kappa shape index (κ1) is 16.3. The maximum atomic E-state index is 11.9. The van der Waals surface area contributed by atoms with Crippen molar-refractivity contribution < 1.29 is 23.8 Å². The molecule has 22 heavy (non-hydrogen) atoms. The molecule has 0 saturated carbocycles. The number of ketones is 1. The molecule has 0 radical (unpaired) electrons. The Labute approximate surface area is 129 Å². The zero-order chi connectivity index (χ0) is 15.9. The number of carbonyl (C=O) groups is 2. The van der Waals surface area contributed by atoms with Gasteiger partial charge in [-0.3, -0.25) is 9.59 Å². The lowest BCUT2D eigenvalue weighted by Gasteiger charge is -2.30. The van der Waals surface area contributed by atoms with Crippen LogP contribution in [-0.4, -0.2) is 51.3 Å². The molecule has 1 aromatic rings. The van der Waals surface area contributed by atoms with E-state index in [1.807, 2.05) is 11.8 Å². The molecule has 0 unspecified atom stereocenters. The molecule has 6 heteroatoms. The second-order valence-corrected chi connectivity index (χ2v) is 4.93. The number of anilines is 1. The third kappa shape index (κ3) is 4.21. The number of benzene rings is 1. The largest absolute Gasteiger partial charge is 0.490 e. The van der Waals surface area contributed by atoms with Gasteiger partial charge in [0.1, 0.15) is 25.5 Å². The van der Waals surface area contributed by atoms with Crippen LogP contribution in [0.1, 0.15) is 24.2 Å².